The van der Waals surface area contributed by atoms with E-state index in [2.05, 4.69) is 30.9 Å². The molecule has 0 aliphatic heterocycles. The molecule has 2 heteroatoms. The Kier molecular flexibility index (Phi) is 8.06. The molecule has 0 radical (unpaired) electrons. The first-order chi connectivity index (χ1) is 11.0. The summed E-state index contributed by atoms with van der Waals surface area (Å²) in [6.07, 6.45) is 4.36. The van der Waals surface area contributed by atoms with Crippen molar-refractivity contribution < 1.29 is 9.90 Å². The maximum Gasteiger partial charge on any atom is 0.133 e. The molecule has 1 aromatic rings. The smallest absolute Gasteiger partial charge is 0.133 e. The van der Waals surface area contributed by atoms with E-state index in [0.29, 0.717) is 11.7 Å². The van der Waals surface area contributed by atoms with Gasteiger partial charge in [-0.3, -0.25) is 4.79 Å². The number of carbonyl (C=O) groups is 1. The molecular weight excluding hydrogens is 284 g/mol. The molecule has 1 saturated carbocycles. The SMILES string of the molecule is CC.CC(=O)C1Cc2cc(C)c(C#CC3CC3)cc2C1.CCO. The molecule has 2 aliphatic rings. The van der Waals surface area contributed by atoms with Gasteiger partial charge in [0.05, 0.1) is 0 Å². The lowest BCUT2D eigenvalue weighted by molar-refractivity contribution is -0.120. The van der Waals surface area contributed by atoms with Gasteiger partial charge in [-0.15, -0.1) is 0 Å². The van der Waals surface area contributed by atoms with Gasteiger partial charge >= 0.3 is 0 Å². The Morgan fingerprint density at radius 2 is 1.74 bits per heavy atom. The minimum atomic E-state index is 0.200. The van der Waals surface area contributed by atoms with Crippen LogP contribution in [-0.2, 0) is 17.6 Å². The highest BCUT2D eigenvalue weighted by atomic mass is 16.2. The summed E-state index contributed by atoms with van der Waals surface area (Å²) in [5.74, 6) is 7.79. The molecule has 1 fully saturated rings. The standard InChI is InChI=1S/C17H18O.C2H6O.C2H6/c1-11-7-16-9-15(12(2)18)10-17(16)8-14(11)6-5-13-3-4-13;1-2-3;1-2/h7-8,13,15H,3-4,9-10H2,1-2H3;3H,2H2,1H3;1-2H3. The number of fused-ring (bicyclic) bond motifs is 1. The zero-order valence-corrected chi connectivity index (χ0v) is 15.2. The fraction of sp³-hybridized carbons (Fsp3) is 0.571. The normalized spacial score (nSPS) is 17.6. The minimum Gasteiger partial charge on any atom is -0.397 e. The van der Waals surface area contributed by atoms with E-state index in [-0.39, 0.29) is 12.5 Å². The number of hydrogen-bond donors (Lipinski definition) is 1. The van der Waals surface area contributed by atoms with Gasteiger partial charge in [-0.05, 0) is 69.2 Å². The summed E-state index contributed by atoms with van der Waals surface area (Å²) in [6.45, 7) is 9.76. The van der Waals surface area contributed by atoms with Gasteiger partial charge in [-0.2, -0.15) is 0 Å². The quantitative estimate of drug-likeness (QED) is 0.793. The summed E-state index contributed by atoms with van der Waals surface area (Å²) >= 11 is 0. The van der Waals surface area contributed by atoms with Crippen LogP contribution in [0.1, 0.15) is 62.8 Å². The molecule has 0 heterocycles. The average molecular weight is 314 g/mol. The van der Waals surface area contributed by atoms with Gasteiger partial charge in [-0.1, -0.05) is 31.8 Å². The van der Waals surface area contributed by atoms with Gasteiger partial charge in [0, 0.05) is 24.0 Å². The molecule has 23 heavy (non-hydrogen) atoms. The number of carbonyl (C=O) groups excluding carboxylic acids is 1. The van der Waals surface area contributed by atoms with Gasteiger partial charge in [-0.25, -0.2) is 0 Å². The summed E-state index contributed by atoms with van der Waals surface area (Å²) in [5.41, 5.74) is 5.10. The second-order valence-electron chi connectivity index (χ2n) is 6.01. The molecule has 126 valence electrons. The van der Waals surface area contributed by atoms with Crippen LogP contribution < -0.4 is 0 Å². The summed E-state index contributed by atoms with van der Waals surface area (Å²) in [4.78, 5) is 11.5. The molecule has 1 N–H and O–H groups in total. The maximum absolute atomic E-state index is 11.5. The van der Waals surface area contributed by atoms with Gasteiger partial charge in [0.1, 0.15) is 5.78 Å². The lowest BCUT2D eigenvalue weighted by Crippen LogP contribution is -2.09. The zero-order chi connectivity index (χ0) is 17.4. The van der Waals surface area contributed by atoms with Crippen LogP contribution in [-0.4, -0.2) is 17.5 Å². The summed E-state index contributed by atoms with van der Waals surface area (Å²) in [6, 6.07) is 4.44. The fourth-order valence-electron chi connectivity index (χ4n) is 2.63. The van der Waals surface area contributed by atoms with E-state index in [1.165, 1.54) is 29.5 Å². The predicted molar refractivity (Wildman–Crippen MR) is 96.5 cm³/mol. The first-order valence-corrected chi connectivity index (χ1v) is 8.80. The number of rotatable bonds is 1. The second kappa shape index (κ2) is 9.53. The van der Waals surface area contributed by atoms with Crippen LogP contribution in [0.15, 0.2) is 12.1 Å². The van der Waals surface area contributed by atoms with Crippen molar-refractivity contribution in [2.75, 3.05) is 6.61 Å². The van der Waals surface area contributed by atoms with Crippen molar-refractivity contribution in [1.82, 2.24) is 0 Å². The molecule has 2 aliphatic carbocycles. The summed E-state index contributed by atoms with van der Waals surface area (Å²) in [7, 11) is 0. The number of benzene rings is 1. The molecule has 0 amide bonds. The van der Waals surface area contributed by atoms with Gasteiger partial charge < -0.3 is 5.11 Å². The number of hydrogen-bond acceptors (Lipinski definition) is 2. The molecule has 0 saturated heterocycles. The first-order valence-electron chi connectivity index (χ1n) is 8.80. The Balaban J connectivity index is 0.000000477. The highest BCUT2D eigenvalue weighted by Crippen LogP contribution is 2.30. The predicted octanol–water partition coefficient (Wildman–Crippen LogP) is 4.09. The Labute approximate surface area is 141 Å². The molecule has 2 nitrogen and oxygen atoms in total. The summed E-state index contributed by atoms with van der Waals surface area (Å²) in [5, 5.41) is 7.57. The number of aryl methyl sites for hydroxylation is 1. The number of Topliss-reactive ketones (excluding diaryl/α,β-unsaturated/α-hetero) is 1. The Bertz CT molecular complexity index is 586. The minimum absolute atomic E-state index is 0.200. The average Bonchev–Trinajstić information content (AvgIpc) is 3.26. The van der Waals surface area contributed by atoms with E-state index in [1.54, 1.807) is 13.8 Å². The monoisotopic (exact) mass is 314 g/mol. The maximum atomic E-state index is 11.5. The van der Waals surface area contributed by atoms with E-state index < -0.39 is 0 Å². The van der Waals surface area contributed by atoms with Crippen molar-refractivity contribution in [2.45, 2.75) is 60.3 Å². The van der Waals surface area contributed by atoms with E-state index in [4.69, 9.17) is 5.11 Å². The summed E-state index contributed by atoms with van der Waals surface area (Å²) < 4.78 is 0. The largest absolute Gasteiger partial charge is 0.397 e. The lowest BCUT2D eigenvalue weighted by Gasteiger charge is -2.03. The van der Waals surface area contributed by atoms with Crippen LogP contribution in [0.3, 0.4) is 0 Å². The van der Waals surface area contributed by atoms with Crippen LogP contribution in [0.2, 0.25) is 0 Å². The number of aliphatic hydroxyl groups excluding tert-OH is 1. The molecule has 1 aromatic carbocycles. The molecule has 0 aromatic heterocycles. The van der Waals surface area contributed by atoms with E-state index in [0.717, 1.165) is 18.4 Å². The highest BCUT2D eigenvalue weighted by Gasteiger charge is 2.25. The number of aliphatic hydroxyl groups is 1. The Hall–Kier alpha value is -1.59. The van der Waals surface area contributed by atoms with Crippen LogP contribution in [0, 0.1) is 30.6 Å². The van der Waals surface area contributed by atoms with Crippen LogP contribution in [0.5, 0.6) is 0 Å². The van der Waals surface area contributed by atoms with E-state index >= 15 is 0 Å². The molecule has 0 bridgehead atoms. The van der Waals surface area contributed by atoms with Crippen molar-refractivity contribution in [3.8, 4) is 11.8 Å². The fourth-order valence-corrected chi connectivity index (χ4v) is 2.63. The van der Waals surface area contributed by atoms with Crippen molar-refractivity contribution in [2.24, 2.45) is 11.8 Å². The second-order valence-corrected chi connectivity index (χ2v) is 6.01. The van der Waals surface area contributed by atoms with Crippen LogP contribution in [0.4, 0.5) is 0 Å². The third-order valence-electron chi connectivity index (χ3n) is 4.04. The first kappa shape index (κ1) is 19.5. The van der Waals surface area contributed by atoms with Gasteiger partial charge in [0.2, 0.25) is 0 Å². The van der Waals surface area contributed by atoms with Crippen molar-refractivity contribution >= 4 is 5.78 Å². The lowest BCUT2D eigenvalue weighted by atomic mass is 10.0. The molecule has 0 spiro atoms. The van der Waals surface area contributed by atoms with Crippen LogP contribution in [0.25, 0.3) is 0 Å². The number of ketones is 1. The molecule has 1 atom stereocenters. The third-order valence-corrected chi connectivity index (χ3v) is 4.04. The van der Waals surface area contributed by atoms with E-state index in [1.807, 2.05) is 13.8 Å². The highest BCUT2D eigenvalue weighted by molar-refractivity contribution is 5.80. The van der Waals surface area contributed by atoms with Crippen molar-refractivity contribution in [3.63, 3.8) is 0 Å². The van der Waals surface area contributed by atoms with Gasteiger partial charge in [0.15, 0.2) is 0 Å². The van der Waals surface area contributed by atoms with Crippen molar-refractivity contribution in [3.05, 3.63) is 34.4 Å². The Morgan fingerprint density at radius 3 is 2.22 bits per heavy atom. The Morgan fingerprint density at radius 1 is 1.22 bits per heavy atom. The zero-order valence-electron chi connectivity index (χ0n) is 15.2. The third kappa shape index (κ3) is 5.84. The van der Waals surface area contributed by atoms with Crippen molar-refractivity contribution in [1.29, 1.82) is 0 Å². The topological polar surface area (TPSA) is 37.3 Å². The van der Waals surface area contributed by atoms with Gasteiger partial charge in [0.25, 0.3) is 0 Å². The molecular formula is C21H30O2. The van der Waals surface area contributed by atoms with E-state index in [9.17, 15) is 4.79 Å². The molecule has 3 rings (SSSR count). The molecule has 1 unspecified atom stereocenters. The van der Waals surface area contributed by atoms with Crippen LogP contribution >= 0.6 is 0 Å².